The van der Waals surface area contributed by atoms with Crippen molar-refractivity contribution in [3.8, 4) is 11.5 Å². The SMILES string of the molecule is COC(=O)c1cccc(COC(=O)c2ccc(OC)cc2O)c1. The first-order valence-electron chi connectivity index (χ1n) is 6.76. The van der Waals surface area contributed by atoms with Gasteiger partial charge >= 0.3 is 11.9 Å². The molecule has 0 aliphatic heterocycles. The second-order valence-corrected chi connectivity index (χ2v) is 4.65. The molecule has 0 radical (unpaired) electrons. The van der Waals surface area contributed by atoms with Crippen LogP contribution in [0.2, 0.25) is 0 Å². The quantitative estimate of drug-likeness (QED) is 0.854. The van der Waals surface area contributed by atoms with Crippen LogP contribution in [0.15, 0.2) is 42.5 Å². The minimum atomic E-state index is -0.673. The highest BCUT2D eigenvalue weighted by molar-refractivity contribution is 5.92. The van der Waals surface area contributed by atoms with Crippen molar-refractivity contribution in [1.82, 2.24) is 0 Å². The van der Waals surface area contributed by atoms with E-state index in [1.807, 2.05) is 0 Å². The largest absolute Gasteiger partial charge is 0.507 e. The average Bonchev–Trinajstić information content (AvgIpc) is 2.59. The number of hydrogen-bond acceptors (Lipinski definition) is 6. The molecule has 0 aromatic heterocycles. The predicted molar refractivity (Wildman–Crippen MR) is 81.6 cm³/mol. The highest BCUT2D eigenvalue weighted by Crippen LogP contribution is 2.24. The van der Waals surface area contributed by atoms with E-state index in [4.69, 9.17) is 9.47 Å². The maximum Gasteiger partial charge on any atom is 0.342 e. The molecule has 2 aromatic rings. The summed E-state index contributed by atoms with van der Waals surface area (Å²) in [4.78, 5) is 23.5. The fraction of sp³-hybridized carbons (Fsp3) is 0.176. The Morgan fingerprint density at radius 1 is 1.04 bits per heavy atom. The molecule has 6 heteroatoms. The maximum atomic E-state index is 12.0. The van der Waals surface area contributed by atoms with Crippen LogP contribution in [0.4, 0.5) is 0 Å². The fourth-order valence-electron chi connectivity index (χ4n) is 1.94. The number of phenolic OH excluding ortho intramolecular Hbond substituents is 1. The zero-order valence-electron chi connectivity index (χ0n) is 12.7. The van der Waals surface area contributed by atoms with Gasteiger partial charge in [-0.25, -0.2) is 9.59 Å². The lowest BCUT2D eigenvalue weighted by molar-refractivity contribution is 0.0469. The molecule has 2 rings (SSSR count). The van der Waals surface area contributed by atoms with Crippen LogP contribution in [0.5, 0.6) is 11.5 Å². The highest BCUT2D eigenvalue weighted by Gasteiger charge is 2.14. The van der Waals surface area contributed by atoms with E-state index in [-0.39, 0.29) is 17.9 Å². The third-order valence-corrected chi connectivity index (χ3v) is 3.14. The van der Waals surface area contributed by atoms with Gasteiger partial charge in [0.1, 0.15) is 23.7 Å². The Kier molecular flexibility index (Phi) is 5.19. The summed E-state index contributed by atoms with van der Waals surface area (Å²) in [6.45, 7) is -0.0326. The summed E-state index contributed by atoms with van der Waals surface area (Å²) in [5.74, 6) is -0.929. The van der Waals surface area contributed by atoms with E-state index in [0.29, 0.717) is 16.9 Å². The molecule has 0 amide bonds. The molecule has 0 aliphatic rings. The first kappa shape index (κ1) is 16.4. The smallest absolute Gasteiger partial charge is 0.342 e. The molecule has 1 N–H and O–H groups in total. The number of ether oxygens (including phenoxy) is 3. The van der Waals surface area contributed by atoms with Crippen molar-refractivity contribution in [1.29, 1.82) is 0 Å². The van der Waals surface area contributed by atoms with Gasteiger partial charge in [0.2, 0.25) is 0 Å². The van der Waals surface area contributed by atoms with Gasteiger partial charge in [-0.3, -0.25) is 0 Å². The first-order chi connectivity index (χ1) is 11.0. The lowest BCUT2D eigenvalue weighted by Crippen LogP contribution is -2.07. The molecule has 23 heavy (non-hydrogen) atoms. The van der Waals surface area contributed by atoms with Gasteiger partial charge in [-0.15, -0.1) is 0 Å². The minimum Gasteiger partial charge on any atom is -0.507 e. The molecule has 0 heterocycles. The summed E-state index contributed by atoms with van der Waals surface area (Å²) in [6.07, 6.45) is 0. The van der Waals surface area contributed by atoms with Gasteiger partial charge in [0.25, 0.3) is 0 Å². The van der Waals surface area contributed by atoms with E-state index < -0.39 is 11.9 Å². The number of methoxy groups -OCH3 is 2. The van der Waals surface area contributed by atoms with Gasteiger partial charge in [-0.05, 0) is 29.8 Å². The molecule has 0 spiro atoms. The van der Waals surface area contributed by atoms with Crippen molar-refractivity contribution in [3.05, 3.63) is 59.2 Å². The highest BCUT2D eigenvalue weighted by atomic mass is 16.5. The number of carbonyl (C=O) groups excluding carboxylic acids is 2. The Hall–Kier alpha value is -3.02. The Bertz CT molecular complexity index is 723. The van der Waals surface area contributed by atoms with Crippen molar-refractivity contribution in [3.63, 3.8) is 0 Å². The summed E-state index contributed by atoms with van der Waals surface area (Å²) in [5, 5.41) is 9.80. The molecule has 0 unspecified atom stereocenters. The monoisotopic (exact) mass is 316 g/mol. The van der Waals surface area contributed by atoms with Crippen LogP contribution in [0.3, 0.4) is 0 Å². The van der Waals surface area contributed by atoms with Crippen LogP contribution in [-0.4, -0.2) is 31.3 Å². The topological polar surface area (TPSA) is 82.1 Å². The van der Waals surface area contributed by atoms with Gasteiger partial charge in [0.05, 0.1) is 19.8 Å². The van der Waals surface area contributed by atoms with Crippen LogP contribution in [0.25, 0.3) is 0 Å². The van der Waals surface area contributed by atoms with Crippen molar-refractivity contribution in [2.24, 2.45) is 0 Å². The molecule has 6 nitrogen and oxygen atoms in total. The van der Waals surface area contributed by atoms with Crippen LogP contribution in [0.1, 0.15) is 26.3 Å². The zero-order chi connectivity index (χ0) is 16.8. The third kappa shape index (κ3) is 4.00. The Balaban J connectivity index is 2.06. The number of aromatic hydroxyl groups is 1. The Morgan fingerprint density at radius 2 is 1.83 bits per heavy atom. The zero-order valence-corrected chi connectivity index (χ0v) is 12.7. The summed E-state index contributed by atoms with van der Waals surface area (Å²) >= 11 is 0. The molecular formula is C17H16O6. The molecule has 0 fully saturated rings. The van der Waals surface area contributed by atoms with Crippen LogP contribution >= 0.6 is 0 Å². The van der Waals surface area contributed by atoms with E-state index in [9.17, 15) is 14.7 Å². The van der Waals surface area contributed by atoms with Crippen LogP contribution in [0, 0.1) is 0 Å². The van der Waals surface area contributed by atoms with E-state index in [1.165, 1.54) is 26.4 Å². The number of esters is 2. The fourth-order valence-corrected chi connectivity index (χ4v) is 1.94. The van der Waals surface area contributed by atoms with Crippen LogP contribution < -0.4 is 4.74 Å². The first-order valence-corrected chi connectivity index (χ1v) is 6.76. The number of rotatable bonds is 5. The van der Waals surface area contributed by atoms with E-state index in [0.717, 1.165) is 0 Å². The van der Waals surface area contributed by atoms with Crippen molar-refractivity contribution in [2.75, 3.05) is 14.2 Å². The maximum absolute atomic E-state index is 12.0. The lowest BCUT2D eigenvalue weighted by Gasteiger charge is -2.08. The number of benzene rings is 2. The van der Waals surface area contributed by atoms with Crippen molar-refractivity contribution < 1.29 is 28.9 Å². The summed E-state index contributed by atoms with van der Waals surface area (Å²) in [7, 11) is 2.75. The second kappa shape index (κ2) is 7.31. The van der Waals surface area contributed by atoms with Gasteiger partial charge in [0, 0.05) is 6.07 Å². The molecule has 0 bridgehead atoms. The van der Waals surface area contributed by atoms with Crippen molar-refractivity contribution >= 4 is 11.9 Å². The standard InChI is InChI=1S/C17H16O6/c1-21-13-6-7-14(15(18)9-13)17(20)23-10-11-4-3-5-12(8-11)16(19)22-2/h3-9,18H,10H2,1-2H3. The predicted octanol–water partition coefficient (Wildman–Crippen LogP) is 2.54. The van der Waals surface area contributed by atoms with Gasteiger partial charge < -0.3 is 19.3 Å². The van der Waals surface area contributed by atoms with Crippen molar-refractivity contribution in [2.45, 2.75) is 6.61 Å². The molecule has 0 saturated heterocycles. The van der Waals surface area contributed by atoms with Gasteiger partial charge in [-0.2, -0.15) is 0 Å². The Morgan fingerprint density at radius 3 is 2.48 bits per heavy atom. The molecule has 0 atom stereocenters. The normalized spacial score (nSPS) is 10.0. The number of carbonyl (C=O) groups is 2. The molecule has 2 aromatic carbocycles. The van der Waals surface area contributed by atoms with E-state index >= 15 is 0 Å². The average molecular weight is 316 g/mol. The molecule has 0 aliphatic carbocycles. The Labute approximate surface area is 133 Å². The second-order valence-electron chi connectivity index (χ2n) is 4.65. The van der Waals surface area contributed by atoms with Gasteiger partial charge in [-0.1, -0.05) is 12.1 Å². The van der Waals surface area contributed by atoms with E-state index in [1.54, 1.807) is 30.3 Å². The minimum absolute atomic E-state index is 0.0326. The molecule has 0 saturated carbocycles. The summed E-state index contributed by atoms with van der Waals surface area (Å²) in [6, 6.07) is 10.9. The molecule has 120 valence electrons. The van der Waals surface area contributed by atoms with Gasteiger partial charge in [0.15, 0.2) is 0 Å². The lowest BCUT2D eigenvalue weighted by atomic mass is 10.1. The van der Waals surface area contributed by atoms with E-state index in [2.05, 4.69) is 4.74 Å². The number of hydrogen-bond donors (Lipinski definition) is 1. The third-order valence-electron chi connectivity index (χ3n) is 3.14. The van der Waals surface area contributed by atoms with Crippen LogP contribution in [-0.2, 0) is 16.1 Å². The molecular weight excluding hydrogens is 300 g/mol. The summed E-state index contributed by atoms with van der Waals surface area (Å²) in [5.41, 5.74) is 1.04. The number of phenols is 1. The summed E-state index contributed by atoms with van der Waals surface area (Å²) < 4.78 is 14.7.